The maximum absolute atomic E-state index is 6.33. The van der Waals surface area contributed by atoms with Gasteiger partial charge in [-0.25, -0.2) is 0 Å². The molecule has 0 aliphatic carbocycles. The third-order valence-electron chi connectivity index (χ3n) is 5.92. The van der Waals surface area contributed by atoms with Gasteiger partial charge in [-0.05, 0) is 44.5 Å². The van der Waals surface area contributed by atoms with Crippen LogP contribution in [0.25, 0.3) is 30.9 Å². The van der Waals surface area contributed by atoms with Gasteiger partial charge in [-0.1, -0.05) is 48.5 Å². The van der Waals surface area contributed by atoms with Crippen LogP contribution in [0.2, 0.25) is 0 Å². The SMILES string of the molecule is CC1(C)OB(c2cccc3c2sc2ccc4ccccc4c23)OC1(C)C. The van der Waals surface area contributed by atoms with Gasteiger partial charge in [0.25, 0.3) is 0 Å². The van der Waals surface area contributed by atoms with Gasteiger partial charge in [0.2, 0.25) is 0 Å². The predicted octanol–water partition coefficient (Wildman–Crippen LogP) is 5.51. The summed E-state index contributed by atoms with van der Waals surface area (Å²) in [5.74, 6) is 0. The highest BCUT2D eigenvalue weighted by Crippen LogP contribution is 2.40. The molecule has 0 radical (unpaired) electrons. The summed E-state index contributed by atoms with van der Waals surface area (Å²) in [6.07, 6.45) is 0. The maximum Gasteiger partial charge on any atom is 0.496 e. The molecular formula is C22H21BO2S. The van der Waals surface area contributed by atoms with Crippen LogP contribution in [0, 0.1) is 0 Å². The molecule has 0 amide bonds. The standard InChI is InChI=1S/C22H21BO2S/c1-21(2)22(3,4)25-23(24-21)17-11-7-10-16-19-15-9-6-5-8-14(15)12-13-18(19)26-20(16)17/h5-13H,1-4H3. The zero-order chi connectivity index (χ0) is 18.1. The zero-order valence-electron chi connectivity index (χ0n) is 15.5. The monoisotopic (exact) mass is 360 g/mol. The fourth-order valence-electron chi connectivity index (χ4n) is 3.75. The molecule has 4 aromatic rings. The van der Waals surface area contributed by atoms with Crippen molar-refractivity contribution in [3.05, 3.63) is 54.6 Å². The lowest BCUT2D eigenvalue weighted by atomic mass is 9.78. The summed E-state index contributed by atoms with van der Waals surface area (Å²) >= 11 is 1.83. The third-order valence-corrected chi connectivity index (χ3v) is 7.14. The third kappa shape index (κ3) is 2.19. The maximum atomic E-state index is 6.33. The minimum Gasteiger partial charge on any atom is -0.399 e. The summed E-state index contributed by atoms with van der Waals surface area (Å²) in [6.45, 7) is 8.41. The molecule has 5 rings (SSSR count). The minimum atomic E-state index is -0.331. The van der Waals surface area contributed by atoms with E-state index in [1.54, 1.807) is 0 Å². The molecule has 0 atom stereocenters. The van der Waals surface area contributed by atoms with Crippen LogP contribution in [0.1, 0.15) is 27.7 Å². The molecule has 1 saturated heterocycles. The number of thiophene rings is 1. The van der Waals surface area contributed by atoms with Crippen molar-refractivity contribution < 1.29 is 9.31 Å². The first-order valence-electron chi connectivity index (χ1n) is 9.06. The fraction of sp³-hybridized carbons (Fsp3) is 0.273. The van der Waals surface area contributed by atoms with E-state index in [1.807, 2.05) is 11.3 Å². The van der Waals surface area contributed by atoms with Crippen LogP contribution in [0.5, 0.6) is 0 Å². The number of hydrogen-bond donors (Lipinski definition) is 0. The number of rotatable bonds is 1. The molecule has 0 N–H and O–H groups in total. The number of fused-ring (bicyclic) bond motifs is 5. The average Bonchev–Trinajstić information content (AvgIpc) is 3.09. The molecule has 0 saturated carbocycles. The fourth-order valence-corrected chi connectivity index (χ4v) is 4.99. The number of benzene rings is 3. The van der Waals surface area contributed by atoms with Crippen molar-refractivity contribution in [2.24, 2.45) is 0 Å². The first-order valence-corrected chi connectivity index (χ1v) is 9.88. The van der Waals surface area contributed by atoms with E-state index in [4.69, 9.17) is 9.31 Å². The van der Waals surface area contributed by atoms with E-state index in [9.17, 15) is 0 Å². The second kappa shape index (κ2) is 5.32. The van der Waals surface area contributed by atoms with Crippen molar-refractivity contribution in [3.8, 4) is 0 Å². The summed E-state index contributed by atoms with van der Waals surface area (Å²) in [5, 5.41) is 5.21. The van der Waals surface area contributed by atoms with E-state index in [2.05, 4.69) is 82.3 Å². The van der Waals surface area contributed by atoms with E-state index in [0.717, 1.165) is 5.46 Å². The second-order valence-corrected chi connectivity index (χ2v) is 9.13. The van der Waals surface area contributed by atoms with Crippen LogP contribution in [-0.4, -0.2) is 18.3 Å². The Morgan fingerprint density at radius 3 is 2.23 bits per heavy atom. The molecule has 0 bridgehead atoms. The van der Waals surface area contributed by atoms with Crippen molar-refractivity contribution >= 4 is 54.9 Å². The van der Waals surface area contributed by atoms with Crippen molar-refractivity contribution in [2.45, 2.75) is 38.9 Å². The summed E-state index contributed by atoms with van der Waals surface area (Å²) < 4.78 is 15.2. The smallest absolute Gasteiger partial charge is 0.399 e. The molecule has 4 heteroatoms. The lowest BCUT2D eigenvalue weighted by Crippen LogP contribution is -2.41. The molecule has 0 unspecified atom stereocenters. The van der Waals surface area contributed by atoms with Gasteiger partial charge in [0.1, 0.15) is 0 Å². The first kappa shape index (κ1) is 16.3. The van der Waals surface area contributed by atoms with E-state index >= 15 is 0 Å². The summed E-state index contributed by atoms with van der Waals surface area (Å²) in [5.41, 5.74) is 0.471. The van der Waals surface area contributed by atoms with Gasteiger partial charge in [0.15, 0.2) is 0 Å². The summed E-state index contributed by atoms with van der Waals surface area (Å²) in [6, 6.07) is 19.5. The van der Waals surface area contributed by atoms with Gasteiger partial charge < -0.3 is 9.31 Å². The topological polar surface area (TPSA) is 18.5 Å². The van der Waals surface area contributed by atoms with Crippen LogP contribution in [-0.2, 0) is 9.31 Å². The Morgan fingerprint density at radius 1 is 0.769 bits per heavy atom. The molecule has 0 spiro atoms. The Hall–Kier alpha value is -1.88. The van der Waals surface area contributed by atoms with Crippen molar-refractivity contribution in [2.75, 3.05) is 0 Å². The predicted molar refractivity (Wildman–Crippen MR) is 113 cm³/mol. The molecule has 1 aliphatic rings. The highest BCUT2D eigenvalue weighted by atomic mass is 32.1. The first-order chi connectivity index (χ1) is 12.4. The summed E-state index contributed by atoms with van der Waals surface area (Å²) in [7, 11) is -0.331. The Morgan fingerprint density at radius 2 is 1.46 bits per heavy atom. The normalized spacial score (nSPS) is 19.0. The largest absolute Gasteiger partial charge is 0.496 e. The summed E-state index contributed by atoms with van der Waals surface area (Å²) in [4.78, 5) is 0. The van der Waals surface area contributed by atoms with Crippen molar-refractivity contribution in [1.82, 2.24) is 0 Å². The molecule has 3 aromatic carbocycles. The van der Waals surface area contributed by atoms with E-state index in [1.165, 1.54) is 30.9 Å². The second-order valence-electron chi connectivity index (χ2n) is 8.07. The highest BCUT2D eigenvalue weighted by molar-refractivity contribution is 7.27. The van der Waals surface area contributed by atoms with Crippen LogP contribution in [0.4, 0.5) is 0 Å². The molecule has 2 heterocycles. The van der Waals surface area contributed by atoms with Crippen LogP contribution < -0.4 is 5.46 Å². The Balaban J connectivity index is 1.77. The molecule has 1 fully saturated rings. The van der Waals surface area contributed by atoms with Crippen LogP contribution >= 0.6 is 11.3 Å². The lowest BCUT2D eigenvalue weighted by Gasteiger charge is -2.32. The minimum absolute atomic E-state index is 0.330. The van der Waals surface area contributed by atoms with Gasteiger partial charge in [-0.15, -0.1) is 11.3 Å². The van der Waals surface area contributed by atoms with E-state index < -0.39 is 0 Å². The van der Waals surface area contributed by atoms with E-state index in [0.29, 0.717) is 0 Å². The van der Waals surface area contributed by atoms with Gasteiger partial charge in [0.05, 0.1) is 11.2 Å². The van der Waals surface area contributed by atoms with Crippen molar-refractivity contribution in [3.63, 3.8) is 0 Å². The van der Waals surface area contributed by atoms with Crippen LogP contribution in [0.15, 0.2) is 54.6 Å². The van der Waals surface area contributed by atoms with Gasteiger partial charge in [0, 0.05) is 25.6 Å². The van der Waals surface area contributed by atoms with Gasteiger partial charge >= 0.3 is 7.12 Å². The van der Waals surface area contributed by atoms with Crippen LogP contribution in [0.3, 0.4) is 0 Å². The molecule has 1 aliphatic heterocycles. The molecule has 26 heavy (non-hydrogen) atoms. The van der Waals surface area contributed by atoms with Gasteiger partial charge in [-0.3, -0.25) is 0 Å². The molecule has 1 aromatic heterocycles. The lowest BCUT2D eigenvalue weighted by molar-refractivity contribution is 0.00578. The van der Waals surface area contributed by atoms with Gasteiger partial charge in [-0.2, -0.15) is 0 Å². The molecule has 130 valence electrons. The van der Waals surface area contributed by atoms with E-state index in [-0.39, 0.29) is 18.3 Å². The molecule has 2 nitrogen and oxygen atoms in total. The zero-order valence-corrected chi connectivity index (χ0v) is 16.3. The Kier molecular flexibility index (Phi) is 3.34. The van der Waals surface area contributed by atoms with Crippen molar-refractivity contribution in [1.29, 1.82) is 0 Å². The highest BCUT2D eigenvalue weighted by Gasteiger charge is 2.52. The molecular weight excluding hydrogens is 339 g/mol. The number of hydrogen-bond acceptors (Lipinski definition) is 3. The average molecular weight is 360 g/mol. The quantitative estimate of drug-likeness (QED) is 0.417. The Labute approximate surface area is 157 Å². The Bertz CT molecular complexity index is 1140.